The van der Waals surface area contributed by atoms with Crippen LogP contribution in [0.3, 0.4) is 0 Å². The van der Waals surface area contributed by atoms with Gasteiger partial charge in [-0.2, -0.15) is 0 Å². The number of fused-ring (bicyclic) bond motifs is 1. The molecule has 0 spiro atoms. The number of carbonyl (C=O) groups is 3. The van der Waals surface area contributed by atoms with E-state index in [1.807, 2.05) is 0 Å². The Kier molecular flexibility index (Phi) is 6.38. The molecule has 10 nitrogen and oxygen atoms in total. The summed E-state index contributed by atoms with van der Waals surface area (Å²) >= 11 is 0. The number of carbonyl (C=O) groups excluding carboxylic acids is 3. The standard InChI is InChI=1S/C20H18N4O6/c1-29-18(27)12-24-15-7-3-2-6-14(15)19(20(24)28)23-22-17(26)11-21-16(25)9-8-13-5-4-10-30-13/h2-10,28H,11-12H2,1H3,(H,21,25). The molecule has 0 saturated heterocycles. The highest BCUT2D eigenvalue weighted by Crippen LogP contribution is 2.38. The summed E-state index contributed by atoms with van der Waals surface area (Å²) in [6.45, 7) is -0.614. The third-order valence-corrected chi connectivity index (χ3v) is 4.05. The lowest BCUT2D eigenvalue weighted by Gasteiger charge is -2.04. The van der Waals surface area contributed by atoms with E-state index in [0.717, 1.165) is 0 Å². The van der Waals surface area contributed by atoms with Crippen LogP contribution in [0, 0.1) is 0 Å². The summed E-state index contributed by atoms with van der Waals surface area (Å²) in [6, 6.07) is 10.2. The van der Waals surface area contributed by atoms with Crippen molar-refractivity contribution in [3.05, 3.63) is 54.5 Å². The average Bonchev–Trinajstić information content (AvgIpc) is 3.36. The second kappa shape index (κ2) is 9.32. The number of hydrogen-bond donors (Lipinski definition) is 2. The molecular formula is C20H18N4O6. The number of ether oxygens (including phenoxy) is 1. The van der Waals surface area contributed by atoms with Crippen LogP contribution in [0.2, 0.25) is 0 Å². The second-order valence-electron chi connectivity index (χ2n) is 6.01. The number of nitrogens with one attached hydrogen (secondary N) is 1. The van der Waals surface area contributed by atoms with Gasteiger partial charge in [-0.15, -0.1) is 10.2 Å². The van der Waals surface area contributed by atoms with E-state index in [1.54, 1.807) is 36.4 Å². The van der Waals surface area contributed by atoms with Crippen molar-refractivity contribution >= 4 is 40.4 Å². The van der Waals surface area contributed by atoms with E-state index in [0.29, 0.717) is 16.7 Å². The first-order valence-corrected chi connectivity index (χ1v) is 8.80. The molecule has 0 aliphatic rings. The van der Waals surface area contributed by atoms with Crippen LogP contribution in [0.15, 0.2) is 63.4 Å². The van der Waals surface area contributed by atoms with Gasteiger partial charge in [0.25, 0.3) is 5.91 Å². The molecular weight excluding hydrogens is 392 g/mol. The first kappa shape index (κ1) is 20.5. The molecule has 10 heteroatoms. The van der Waals surface area contributed by atoms with Crippen molar-refractivity contribution in [1.82, 2.24) is 9.88 Å². The number of esters is 1. The number of rotatable bonds is 7. The summed E-state index contributed by atoms with van der Waals surface area (Å²) < 4.78 is 11.0. The molecule has 30 heavy (non-hydrogen) atoms. The van der Waals surface area contributed by atoms with Gasteiger partial charge in [-0.1, -0.05) is 18.2 Å². The zero-order valence-electron chi connectivity index (χ0n) is 15.9. The summed E-state index contributed by atoms with van der Waals surface area (Å²) in [7, 11) is 1.24. The molecule has 2 heterocycles. The van der Waals surface area contributed by atoms with Crippen molar-refractivity contribution < 1.29 is 28.6 Å². The molecule has 0 radical (unpaired) electrons. The Hall–Kier alpha value is -4.21. The van der Waals surface area contributed by atoms with Crippen LogP contribution in [0.5, 0.6) is 5.88 Å². The molecule has 154 valence electrons. The van der Waals surface area contributed by atoms with Crippen LogP contribution < -0.4 is 5.32 Å². The topological polar surface area (TPSA) is 135 Å². The van der Waals surface area contributed by atoms with Crippen molar-refractivity contribution in [2.24, 2.45) is 10.2 Å². The minimum Gasteiger partial charge on any atom is -0.493 e. The summed E-state index contributed by atoms with van der Waals surface area (Å²) in [5.74, 6) is -1.62. The summed E-state index contributed by atoms with van der Waals surface area (Å²) in [5, 5.41) is 20.7. The Morgan fingerprint density at radius 2 is 2.03 bits per heavy atom. The first-order chi connectivity index (χ1) is 14.5. The molecule has 0 saturated carbocycles. The van der Waals surface area contributed by atoms with E-state index in [2.05, 4.69) is 20.3 Å². The number of furan rings is 1. The molecule has 3 rings (SSSR count). The second-order valence-corrected chi connectivity index (χ2v) is 6.01. The fraction of sp³-hybridized carbons (Fsp3) is 0.150. The first-order valence-electron chi connectivity index (χ1n) is 8.80. The van der Waals surface area contributed by atoms with Crippen molar-refractivity contribution in [2.45, 2.75) is 6.54 Å². The highest BCUT2D eigenvalue weighted by atomic mass is 16.5. The number of nitrogens with zero attached hydrogens (tertiary/aromatic N) is 3. The van der Waals surface area contributed by atoms with Gasteiger partial charge in [-0.25, -0.2) is 0 Å². The van der Waals surface area contributed by atoms with Gasteiger partial charge in [-0.05, 0) is 24.3 Å². The summed E-state index contributed by atoms with van der Waals surface area (Å²) in [4.78, 5) is 35.3. The van der Waals surface area contributed by atoms with Gasteiger partial charge in [0.15, 0.2) is 5.69 Å². The van der Waals surface area contributed by atoms with Crippen molar-refractivity contribution in [1.29, 1.82) is 0 Å². The molecule has 0 unspecified atom stereocenters. The number of aromatic hydroxyl groups is 1. The number of aromatic nitrogens is 1. The number of azo groups is 1. The molecule has 0 aliphatic carbocycles. The van der Waals surface area contributed by atoms with E-state index in [1.165, 1.54) is 30.1 Å². The summed E-state index contributed by atoms with van der Waals surface area (Å²) in [6.07, 6.45) is 4.14. The van der Waals surface area contributed by atoms with Crippen LogP contribution >= 0.6 is 0 Å². The maximum absolute atomic E-state index is 12.0. The van der Waals surface area contributed by atoms with E-state index in [4.69, 9.17) is 4.42 Å². The van der Waals surface area contributed by atoms with Crippen LogP contribution in [0.4, 0.5) is 5.69 Å². The molecule has 0 aliphatic heterocycles. The number of methoxy groups -OCH3 is 1. The molecule has 0 fully saturated rings. The smallest absolute Gasteiger partial charge is 0.325 e. The minimum atomic E-state index is -0.723. The molecule has 2 N–H and O–H groups in total. The van der Waals surface area contributed by atoms with Crippen LogP contribution in [-0.4, -0.2) is 41.1 Å². The predicted molar refractivity (Wildman–Crippen MR) is 106 cm³/mol. The Bertz CT molecular complexity index is 1130. The van der Waals surface area contributed by atoms with Gasteiger partial charge >= 0.3 is 5.97 Å². The molecule has 1 aromatic carbocycles. The van der Waals surface area contributed by atoms with Crippen molar-refractivity contribution in [2.75, 3.05) is 13.7 Å². The Balaban J connectivity index is 1.69. The lowest BCUT2D eigenvalue weighted by molar-refractivity contribution is -0.141. The van der Waals surface area contributed by atoms with Crippen molar-refractivity contribution in [3.63, 3.8) is 0 Å². The van der Waals surface area contributed by atoms with Gasteiger partial charge in [0.05, 0.1) is 18.9 Å². The van der Waals surface area contributed by atoms with E-state index >= 15 is 0 Å². The zero-order chi connectivity index (χ0) is 21.5. The maximum Gasteiger partial charge on any atom is 0.325 e. The van der Waals surface area contributed by atoms with Crippen LogP contribution in [0.25, 0.3) is 17.0 Å². The van der Waals surface area contributed by atoms with E-state index in [9.17, 15) is 19.5 Å². The third kappa shape index (κ3) is 4.79. The lowest BCUT2D eigenvalue weighted by Crippen LogP contribution is -2.26. The van der Waals surface area contributed by atoms with E-state index < -0.39 is 17.8 Å². The zero-order valence-corrected chi connectivity index (χ0v) is 15.9. The largest absolute Gasteiger partial charge is 0.493 e. The molecule has 0 bridgehead atoms. The van der Waals surface area contributed by atoms with Crippen LogP contribution in [-0.2, 0) is 25.7 Å². The quantitative estimate of drug-likeness (QED) is 0.349. The normalized spacial score (nSPS) is 11.4. The minimum absolute atomic E-state index is 0.0342. The number of benzene rings is 1. The van der Waals surface area contributed by atoms with E-state index in [-0.39, 0.29) is 24.7 Å². The van der Waals surface area contributed by atoms with Crippen molar-refractivity contribution in [3.8, 4) is 5.88 Å². The highest BCUT2D eigenvalue weighted by Gasteiger charge is 2.18. The Morgan fingerprint density at radius 3 is 2.77 bits per heavy atom. The fourth-order valence-corrected chi connectivity index (χ4v) is 2.63. The van der Waals surface area contributed by atoms with Gasteiger partial charge in [0.1, 0.15) is 18.8 Å². The summed E-state index contributed by atoms with van der Waals surface area (Å²) in [5.41, 5.74) is 0.560. The SMILES string of the molecule is COC(=O)Cn1c(O)c(N=NC(=O)CNC(=O)C=Cc2ccco2)c2ccccc21. The molecule has 2 aromatic heterocycles. The van der Waals surface area contributed by atoms with Crippen LogP contribution in [0.1, 0.15) is 5.76 Å². The highest BCUT2D eigenvalue weighted by molar-refractivity contribution is 5.96. The fourth-order valence-electron chi connectivity index (χ4n) is 2.63. The Labute approximate surface area is 170 Å². The number of amides is 2. The third-order valence-electron chi connectivity index (χ3n) is 4.05. The number of para-hydroxylation sites is 1. The van der Waals surface area contributed by atoms with Gasteiger partial charge in [0.2, 0.25) is 11.8 Å². The predicted octanol–water partition coefficient (Wildman–Crippen LogP) is 2.55. The molecule has 3 aromatic rings. The molecule has 2 amide bonds. The number of hydrogen-bond acceptors (Lipinski definition) is 7. The molecule has 0 atom stereocenters. The monoisotopic (exact) mass is 410 g/mol. The lowest BCUT2D eigenvalue weighted by atomic mass is 10.2. The average molecular weight is 410 g/mol. The van der Waals surface area contributed by atoms with Gasteiger partial charge in [-0.3, -0.25) is 19.0 Å². The maximum atomic E-state index is 12.0. The van der Waals surface area contributed by atoms with Gasteiger partial charge in [0, 0.05) is 11.5 Å². The Morgan fingerprint density at radius 1 is 1.23 bits per heavy atom. The van der Waals surface area contributed by atoms with Gasteiger partial charge < -0.3 is 19.6 Å².